The van der Waals surface area contributed by atoms with E-state index >= 15 is 0 Å². The maximum Gasteiger partial charge on any atom is 0.240 e. The van der Waals surface area contributed by atoms with Crippen LogP contribution in [0.5, 0.6) is 0 Å². The maximum absolute atomic E-state index is 12.3. The van der Waals surface area contributed by atoms with Crippen LogP contribution in [0.3, 0.4) is 0 Å². The molecule has 0 spiro atoms. The molecular weight excluding hydrogens is 268 g/mol. The highest BCUT2D eigenvalue weighted by Gasteiger charge is 2.37. The fourth-order valence-corrected chi connectivity index (χ4v) is 3.34. The minimum atomic E-state index is -0.647. The summed E-state index contributed by atoms with van der Waals surface area (Å²) < 4.78 is 0. The molecule has 2 rings (SSSR count). The minimum absolute atomic E-state index is 0.00389. The molecule has 20 heavy (non-hydrogen) atoms. The van der Waals surface area contributed by atoms with Crippen LogP contribution in [0.1, 0.15) is 51.1 Å². The zero-order chi connectivity index (χ0) is 14.6. The van der Waals surface area contributed by atoms with E-state index in [1.807, 2.05) is 18.7 Å². The van der Waals surface area contributed by atoms with E-state index in [0.29, 0.717) is 0 Å². The lowest BCUT2D eigenvalue weighted by molar-refractivity contribution is -0.126. The molecule has 0 radical (unpaired) electrons. The second kappa shape index (κ2) is 6.64. The van der Waals surface area contributed by atoms with Gasteiger partial charge in [-0.15, -0.1) is 11.8 Å². The van der Waals surface area contributed by atoms with Crippen molar-refractivity contribution < 1.29 is 4.79 Å². The van der Waals surface area contributed by atoms with Crippen molar-refractivity contribution in [2.24, 2.45) is 5.73 Å². The van der Waals surface area contributed by atoms with Crippen molar-refractivity contribution in [2.45, 2.75) is 56.0 Å². The summed E-state index contributed by atoms with van der Waals surface area (Å²) in [6.45, 7) is 4.15. The number of thioether (sulfide) groups is 1. The number of benzene rings is 1. The van der Waals surface area contributed by atoms with Gasteiger partial charge in [0, 0.05) is 4.90 Å². The Kier molecular flexibility index (Phi) is 5.11. The van der Waals surface area contributed by atoms with E-state index in [-0.39, 0.29) is 11.9 Å². The first-order valence-electron chi connectivity index (χ1n) is 7.38. The van der Waals surface area contributed by atoms with Gasteiger partial charge in [-0.2, -0.15) is 0 Å². The zero-order valence-corrected chi connectivity index (χ0v) is 13.1. The Bertz CT molecular complexity index is 452. The topological polar surface area (TPSA) is 55.1 Å². The van der Waals surface area contributed by atoms with Gasteiger partial charge in [0.1, 0.15) is 0 Å². The summed E-state index contributed by atoms with van der Waals surface area (Å²) in [5, 5.41) is 3.06. The molecule has 1 fully saturated rings. The molecule has 1 unspecified atom stereocenters. The van der Waals surface area contributed by atoms with Crippen molar-refractivity contribution in [3.63, 3.8) is 0 Å². The molecular formula is C16H24N2OS. The van der Waals surface area contributed by atoms with Crippen LogP contribution in [0.25, 0.3) is 0 Å². The largest absolute Gasteiger partial charge is 0.348 e. The fourth-order valence-electron chi connectivity index (χ4n) is 2.68. The van der Waals surface area contributed by atoms with Gasteiger partial charge in [-0.3, -0.25) is 4.79 Å². The van der Waals surface area contributed by atoms with Crippen molar-refractivity contribution >= 4 is 17.7 Å². The number of rotatable bonds is 5. The molecule has 1 saturated carbocycles. The van der Waals surface area contributed by atoms with E-state index in [9.17, 15) is 4.79 Å². The van der Waals surface area contributed by atoms with E-state index in [1.165, 1.54) is 4.90 Å². The SMILES string of the molecule is CCSc1ccc(C(C)NC(=O)C2(N)CCCC2)cc1. The van der Waals surface area contributed by atoms with Crippen molar-refractivity contribution in [2.75, 3.05) is 5.75 Å². The first-order valence-corrected chi connectivity index (χ1v) is 8.36. The summed E-state index contributed by atoms with van der Waals surface area (Å²) in [4.78, 5) is 13.5. The summed E-state index contributed by atoms with van der Waals surface area (Å²) in [6.07, 6.45) is 3.72. The van der Waals surface area contributed by atoms with Crippen molar-refractivity contribution in [3.05, 3.63) is 29.8 Å². The minimum Gasteiger partial charge on any atom is -0.348 e. The third-order valence-electron chi connectivity index (χ3n) is 3.99. The molecule has 1 aliphatic rings. The highest BCUT2D eigenvalue weighted by atomic mass is 32.2. The normalized spacial score (nSPS) is 18.8. The summed E-state index contributed by atoms with van der Waals surface area (Å²) in [6, 6.07) is 8.39. The Morgan fingerprint density at radius 3 is 2.50 bits per heavy atom. The van der Waals surface area contributed by atoms with Gasteiger partial charge in [0.15, 0.2) is 0 Å². The number of carbonyl (C=O) groups is 1. The van der Waals surface area contributed by atoms with Crippen LogP contribution < -0.4 is 11.1 Å². The molecule has 3 nitrogen and oxygen atoms in total. The molecule has 1 aliphatic carbocycles. The first-order chi connectivity index (χ1) is 9.55. The second-order valence-electron chi connectivity index (χ2n) is 5.56. The van der Waals surface area contributed by atoms with Gasteiger partial charge in [-0.1, -0.05) is 31.9 Å². The molecule has 0 aliphatic heterocycles. The van der Waals surface area contributed by atoms with Crippen LogP contribution in [0.2, 0.25) is 0 Å². The van der Waals surface area contributed by atoms with Crippen molar-refractivity contribution in [1.82, 2.24) is 5.32 Å². The zero-order valence-electron chi connectivity index (χ0n) is 12.3. The average molecular weight is 292 g/mol. The summed E-state index contributed by atoms with van der Waals surface area (Å²) in [7, 11) is 0. The predicted octanol–water partition coefficient (Wildman–Crippen LogP) is 3.25. The Morgan fingerprint density at radius 2 is 1.95 bits per heavy atom. The molecule has 3 N–H and O–H groups in total. The van der Waals surface area contributed by atoms with Gasteiger partial charge in [0.2, 0.25) is 5.91 Å². The molecule has 1 amide bonds. The Hall–Kier alpha value is -1.00. The second-order valence-corrected chi connectivity index (χ2v) is 6.90. The molecule has 0 saturated heterocycles. The monoisotopic (exact) mass is 292 g/mol. The van der Waals surface area contributed by atoms with E-state index in [4.69, 9.17) is 5.73 Å². The van der Waals surface area contributed by atoms with Gasteiger partial charge in [-0.05, 0) is 43.2 Å². The number of nitrogens with two attached hydrogens (primary N) is 1. The molecule has 0 heterocycles. The van der Waals surface area contributed by atoms with E-state index in [2.05, 4.69) is 36.5 Å². The number of hydrogen-bond acceptors (Lipinski definition) is 3. The Morgan fingerprint density at radius 1 is 1.35 bits per heavy atom. The van der Waals surface area contributed by atoms with E-state index in [1.54, 1.807) is 0 Å². The summed E-state index contributed by atoms with van der Waals surface area (Å²) in [5.74, 6) is 1.07. The van der Waals surface area contributed by atoms with Crippen molar-refractivity contribution in [3.8, 4) is 0 Å². The van der Waals surface area contributed by atoms with Gasteiger partial charge in [0.05, 0.1) is 11.6 Å². The molecule has 1 atom stereocenters. The quantitative estimate of drug-likeness (QED) is 0.819. The Labute approximate surface area is 125 Å². The summed E-state index contributed by atoms with van der Waals surface area (Å²) >= 11 is 1.82. The van der Waals surface area contributed by atoms with Crippen LogP contribution in [0, 0.1) is 0 Å². The number of nitrogens with one attached hydrogen (secondary N) is 1. The van der Waals surface area contributed by atoms with Gasteiger partial charge >= 0.3 is 0 Å². The lowest BCUT2D eigenvalue weighted by Gasteiger charge is -2.25. The highest BCUT2D eigenvalue weighted by molar-refractivity contribution is 7.99. The number of amides is 1. The van der Waals surface area contributed by atoms with E-state index in [0.717, 1.165) is 37.0 Å². The smallest absolute Gasteiger partial charge is 0.240 e. The molecule has 4 heteroatoms. The third-order valence-corrected chi connectivity index (χ3v) is 4.88. The van der Waals surface area contributed by atoms with Crippen LogP contribution >= 0.6 is 11.8 Å². The lowest BCUT2D eigenvalue weighted by Crippen LogP contribution is -2.52. The van der Waals surface area contributed by atoms with Crippen LogP contribution in [0.4, 0.5) is 0 Å². The van der Waals surface area contributed by atoms with Gasteiger partial charge < -0.3 is 11.1 Å². The third kappa shape index (κ3) is 3.55. The van der Waals surface area contributed by atoms with Crippen LogP contribution in [-0.2, 0) is 4.79 Å². The lowest BCUT2D eigenvalue weighted by atomic mass is 9.97. The molecule has 1 aromatic rings. The molecule has 0 bridgehead atoms. The first kappa shape index (κ1) is 15.4. The van der Waals surface area contributed by atoms with Crippen LogP contribution in [0.15, 0.2) is 29.2 Å². The maximum atomic E-state index is 12.3. The van der Waals surface area contributed by atoms with Crippen LogP contribution in [-0.4, -0.2) is 17.2 Å². The van der Waals surface area contributed by atoms with Crippen molar-refractivity contribution in [1.29, 1.82) is 0 Å². The van der Waals surface area contributed by atoms with Gasteiger partial charge in [-0.25, -0.2) is 0 Å². The standard InChI is InChI=1S/C16H24N2OS/c1-3-20-14-8-6-13(7-9-14)12(2)18-15(19)16(17)10-4-5-11-16/h6-9,12H,3-5,10-11,17H2,1-2H3,(H,18,19). The van der Waals surface area contributed by atoms with E-state index < -0.39 is 5.54 Å². The molecule has 1 aromatic carbocycles. The number of carbonyl (C=O) groups excluding carboxylic acids is 1. The summed E-state index contributed by atoms with van der Waals surface area (Å²) in [5.41, 5.74) is 6.66. The fraction of sp³-hybridized carbons (Fsp3) is 0.562. The molecule has 0 aromatic heterocycles. The highest BCUT2D eigenvalue weighted by Crippen LogP contribution is 2.28. The number of hydrogen-bond donors (Lipinski definition) is 2. The average Bonchev–Trinajstić information content (AvgIpc) is 2.88. The van der Waals surface area contributed by atoms with Gasteiger partial charge in [0.25, 0.3) is 0 Å². The molecule has 110 valence electrons. The Balaban J connectivity index is 1.97. The predicted molar refractivity (Wildman–Crippen MR) is 84.8 cm³/mol.